The van der Waals surface area contributed by atoms with Crippen molar-refractivity contribution < 1.29 is 44.2 Å². The van der Waals surface area contributed by atoms with Crippen molar-refractivity contribution in [2.45, 2.75) is 27.7 Å². The van der Waals surface area contributed by atoms with Gasteiger partial charge in [-0.1, -0.05) is 26.3 Å². The van der Waals surface area contributed by atoms with Gasteiger partial charge in [0.05, 0.1) is 0 Å². The second kappa shape index (κ2) is 14.4. The van der Waals surface area contributed by atoms with Crippen LogP contribution < -0.4 is 0 Å². The van der Waals surface area contributed by atoms with Crippen molar-refractivity contribution >= 4 is 23.9 Å². The zero-order valence-electron chi connectivity index (χ0n) is 14.6. The topological polar surface area (TPSA) is 136 Å². The largest absolute Gasteiger partial charge is 0.478 e. The van der Waals surface area contributed by atoms with Crippen molar-refractivity contribution in [1.82, 2.24) is 0 Å². The average Bonchev–Trinajstić information content (AvgIpc) is 2.47. The molecule has 0 aromatic heterocycles. The van der Waals surface area contributed by atoms with E-state index in [4.69, 9.17) is 10.2 Å². The predicted molar refractivity (Wildman–Crippen MR) is 87.8 cm³/mol. The molecule has 0 radical (unpaired) electrons. The van der Waals surface area contributed by atoms with Gasteiger partial charge in [0.15, 0.2) is 0 Å². The molecule has 0 bridgehead atoms. The van der Waals surface area contributed by atoms with Crippen LogP contribution in [0.3, 0.4) is 0 Å². The van der Waals surface area contributed by atoms with Crippen LogP contribution in [0.25, 0.3) is 0 Å². The molecular weight excluding hydrogens is 336 g/mol. The van der Waals surface area contributed by atoms with Crippen LogP contribution in [0.4, 0.5) is 0 Å². The van der Waals surface area contributed by atoms with E-state index in [1.54, 1.807) is 0 Å². The summed E-state index contributed by atoms with van der Waals surface area (Å²) in [5.74, 6) is -3.49. The Morgan fingerprint density at radius 1 is 0.600 bits per heavy atom. The molecular formula is C16H22O9. The van der Waals surface area contributed by atoms with Crippen molar-refractivity contribution in [3.63, 3.8) is 0 Å². The molecule has 140 valence electrons. The van der Waals surface area contributed by atoms with E-state index >= 15 is 0 Å². The van der Waals surface area contributed by atoms with Crippen molar-refractivity contribution in [2.75, 3.05) is 0 Å². The third-order valence-corrected chi connectivity index (χ3v) is 1.65. The molecule has 0 saturated heterocycles. The Kier molecular flexibility index (Phi) is 15.4. The number of carboxylic acids is 2. The van der Waals surface area contributed by atoms with Gasteiger partial charge in [0.25, 0.3) is 0 Å². The lowest BCUT2D eigenvalue weighted by Crippen LogP contribution is -2.11. The van der Waals surface area contributed by atoms with Crippen LogP contribution in [0.1, 0.15) is 27.7 Å². The molecule has 0 amide bonds. The van der Waals surface area contributed by atoms with Gasteiger partial charge in [0.2, 0.25) is 0 Å². The van der Waals surface area contributed by atoms with Crippen LogP contribution in [0.2, 0.25) is 0 Å². The fraction of sp³-hybridized carbons (Fsp3) is 0.250. The van der Waals surface area contributed by atoms with Gasteiger partial charge in [0.1, 0.15) is 0 Å². The van der Waals surface area contributed by atoms with Crippen molar-refractivity contribution in [3.8, 4) is 0 Å². The highest BCUT2D eigenvalue weighted by molar-refractivity contribution is 5.87. The highest BCUT2D eigenvalue weighted by atomic mass is 17.5. The summed E-state index contributed by atoms with van der Waals surface area (Å²) < 4.78 is 0. The average molecular weight is 358 g/mol. The first-order valence-electron chi connectivity index (χ1n) is 6.42. The standard InChI is InChI=1S/C8H10O5.2C4H6O2/c1-5(2)7(9)11-13-12-8(10)6(3)4;2*1-3(2)4(5)6/h1,3H2,2,4H3;2*1H2,2H3,(H,5,6). The Morgan fingerprint density at radius 3 is 0.920 bits per heavy atom. The summed E-state index contributed by atoms with van der Waals surface area (Å²) in [6.07, 6.45) is 0. The van der Waals surface area contributed by atoms with E-state index < -0.39 is 23.9 Å². The summed E-state index contributed by atoms with van der Waals surface area (Å²) in [6.45, 7) is 18.6. The molecule has 0 aromatic rings. The summed E-state index contributed by atoms with van der Waals surface area (Å²) >= 11 is 0. The van der Waals surface area contributed by atoms with Gasteiger partial charge < -0.3 is 10.2 Å². The van der Waals surface area contributed by atoms with E-state index in [1.165, 1.54) is 27.7 Å². The maximum atomic E-state index is 10.6. The Balaban J connectivity index is -0.000000336. The molecule has 0 atom stereocenters. The molecule has 0 spiro atoms. The van der Waals surface area contributed by atoms with Gasteiger partial charge in [0, 0.05) is 27.3 Å². The second-order valence-electron chi connectivity index (χ2n) is 4.54. The molecule has 25 heavy (non-hydrogen) atoms. The van der Waals surface area contributed by atoms with Crippen LogP contribution >= 0.6 is 0 Å². The molecule has 9 heteroatoms. The third kappa shape index (κ3) is 20.8. The summed E-state index contributed by atoms with van der Waals surface area (Å²) in [4.78, 5) is 48.5. The number of carboxylic acid groups (broad SMARTS) is 2. The quantitative estimate of drug-likeness (QED) is 0.416. The molecule has 0 saturated carbocycles. The molecule has 0 aromatic carbocycles. The van der Waals surface area contributed by atoms with Gasteiger partial charge in [-0.3, -0.25) is 9.78 Å². The van der Waals surface area contributed by atoms with Gasteiger partial charge in [-0.2, -0.15) is 0 Å². The second-order valence-corrected chi connectivity index (χ2v) is 4.54. The zero-order valence-corrected chi connectivity index (χ0v) is 14.6. The van der Waals surface area contributed by atoms with E-state index in [2.05, 4.69) is 41.1 Å². The van der Waals surface area contributed by atoms with Gasteiger partial charge in [-0.15, -0.1) is 0 Å². The summed E-state index contributed by atoms with van der Waals surface area (Å²) in [5.41, 5.74) is 0.614. The summed E-state index contributed by atoms with van der Waals surface area (Å²) in [5, 5.41) is 19.6. The predicted octanol–water partition coefficient (Wildman–Crippen LogP) is 2.37. The van der Waals surface area contributed by atoms with Gasteiger partial charge in [-0.05, 0) is 27.7 Å². The minimum absolute atomic E-state index is 0.131. The van der Waals surface area contributed by atoms with E-state index in [9.17, 15) is 19.2 Å². The fourth-order valence-electron chi connectivity index (χ4n) is 0.221. The monoisotopic (exact) mass is 358 g/mol. The van der Waals surface area contributed by atoms with Crippen molar-refractivity contribution in [1.29, 1.82) is 0 Å². The smallest absolute Gasteiger partial charge is 0.372 e. The van der Waals surface area contributed by atoms with Gasteiger partial charge in [-0.25, -0.2) is 19.2 Å². The zero-order chi connectivity index (χ0) is 20.7. The van der Waals surface area contributed by atoms with Crippen molar-refractivity contribution in [2.24, 2.45) is 0 Å². The first-order chi connectivity index (χ1) is 11.2. The third-order valence-electron chi connectivity index (χ3n) is 1.65. The number of hydrogen-bond acceptors (Lipinski definition) is 7. The SMILES string of the molecule is C=C(C)C(=O)O.C=C(C)C(=O)O.C=C(C)C(=O)OOOC(=O)C(=C)C. The number of hydrogen-bond donors (Lipinski definition) is 2. The van der Waals surface area contributed by atoms with E-state index in [1.807, 2.05) is 0 Å². The molecule has 0 heterocycles. The molecule has 0 rings (SSSR count). The molecule has 2 N–H and O–H groups in total. The lowest BCUT2D eigenvalue weighted by atomic mass is 10.4. The molecule has 0 aliphatic carbocycles. The Hall–Kier alpha value is -3.20. The Labute approximate surface area is 145 Å². The minimum Gasteiger partial charge on any atom is -0.478 e. The molecule has 0 unspecified atom stereocenters. The molecule has 0 fully saturated rings. The van der Waals surface area contributed by atoms with Crippen LogP contribution in [0.15, 0.2) is 48.6 Å². The molecule has 9 nitrogen and oxygen atoms in total. The van der Waals surface area contributed by atoms with Crippen LogP contribution in [0, 0.1) is 0 Å². The number of carbonyl (C=O) groups is 4. The summed E-state index contributed by atoms with van der Waals surface area (Å²) in [6, 6.07) is 0. The highest BCUT2D eigenvalue weighted by Gasteiger charge is 2.08. The fourth-order valence-corrected chi connectivity index (χ4v) is 0.221. The maximum Gasteiger partial charge on any atom is 0.372 e. The number of carbonyl (C=O) groups excluding carboxylic acids is 2. The van der Waals surface area contributed by atoms with E-state index in [0.29, 0.717) is 0 Å². The van der Waals surface area contributed by atoms with E-state index in [0.717, 1.165) is 0 Å². The highest BCUT2D eigenvalue weighted by Crippen LogP contribution is 1.96. The van der Waals surface area contributed by atoms with Crippen LogP contribution in [-0.4, -0.2) is 34.1 Å². The Morgan fingerprint density at radius 2 is 0.800 bits per heavy atom. The summed E-state index contributed by atoms with van der Waals surface area (Å²) in [7, 11) is 0. The van der Waals surface area contributed by atoms with Crippen LogP contribution in [-0.2, 0) is 34.0 Å². The normalized spacial score (nSPS) is 8.16. The molecule has 0 aliphatic heterocycles. The Bertz CT molecular complexity index is 496. The number of aliphatic carboxylic acids is 2. The first kappa shape index (κ1) is 26.7. The number of rotatable bonds is 6. The van der Waals surface area contributed by atoms with Gasteiger partial charge >= 0.3 is 23.9 Å². The maximum absolute atomic E-state index is 10.6. The van der Waals surface area contributed by atoms with Crippen LogP contribution in [0.5, 0.6) is 0 Å². The van der Waals surface area contributed by atoms with Crippen molar-refractivity contribution in [3.05, 3.63) is 48.6 Å². The molecule has 0 aliphatic rings. The van der Waals surface area contributed by atoms with E-state index in [-0.39, 0.29) is 22.3 Å². The lowest BCUT2D eigenvalue weighted by Gasteiger charge is -2.00. The first-order valence-corrected chi connectivity index (χ1v) is 6.42. The minimum atomic E-state index is -0.935. The lowest BCUT2D eigenvalue weighted by molar-refractivity contribution is -0.456.